The van der Waals surface area contributed by atoms with Gasteiger partial charge in [0.25, 0.3) is 5.91 Å². The zero-order valence-corrected chi connectivity index (χ0v) is 17.5. The molecule has 0 radical (unpaired) electrons. The van der Waals surface area contributed by atoms with Gasteiger partial charge in [0.05, 0.1) is 18.6 Å². The smallest absolute Gasteiger partial charge is 0.251 e. The molecule has 0 fully saturated rings. The Kier molecular flexibility index (Phi) is 8.54. The predicted molar refractivity (Wildman–Crippen MR) is 115 cm³/mol. The second-order valence-corrected chi connectivity index (χ2v) is 7.28. The molecule has 0 aliphatic carbocycles. The molecule has 0 spiro atoms. The van der Waals surface area contributed by atoms with Gasteiger partial charge in [-0.2, -0.15) is 0 Å². The maximum Gasteiger partial charge on any atom is 0.251 e. The van der Waals surface area contributed by atoms with Gasteiger partial charge < -0.3 is 20.3 Å². The van der Waals surface area contributed by atoms with Crippen LogP contribution >= 0.6 is 11.8 Å². The number of carbonyl (C=O) groups excluding carboxylic acids is 3. The fourth-order valence-corrected chi connectivity index (χ4v) is 3.24. The standard InChI is InChI=1S/C21H25N3O4S/c1-22-21(27)16-6-4-15(5-7-16)12-24(2)20(26)14-29-13-19(25)23-17-8-10-18(28-3)11-9-17/h4-11H,12-14H2,1-3H3,(H,22,27)(H,23,25). The zero-order valence-electron chi connectivity index (χ0n) is 16.7. The molecular weight excluding hydrogens is 390 g/mol. The molecular formula is C21H25N3O4S. The summed E-state index contributed by atoms with van der Waals surface area (Å²) >= 11 is 1.26. The van der Waals surface area contributed by atoms with E-state index in [0.29, 0.717) is 23.5 Å². The minimum absolute atomic E-state index is 0.0670. The Morgan fingerprint density at radius 2 is 1.66 bits per heavy atom. The lowest BCUT2D eigenvalue weighted by Crippen LogP contribution is -2.28. The highest BCUT2D eigenvalue weighted by Gasteiger charge is 2.12. The Morgan fingerprint density at radius 3 is 2.24 bits per heavy atom. The molecule has 0 saturated carbocycles. The van der Waals surface area contributed by atoms with Gasteiger partial charge in [-0.05, 0) is 42.0 Å². The second-order valence-electron chi connectivity index (χ2n) is 6.30. The number of hydrogen-bond donors (Lipinski definition) is 2. The minimum atomic E-state index is -0.166. The molecule has 2 aromatic carbocycles. The zero-order chi connectivity index (χ0) is 21.2. The molecule has 2 rings (SSSR count). The van der Waals surface area contributed by atoms with Crippen molar-refractivity contribution in [3.8, 4) is 5.75 Å². The van der Waals surface area contributed by atoms with Gasteiger partial charge in [0.2, 0.25) is 11.8 Å². The van der Waals surface area contributed by atoms with Crippen molar-refractivity contribution in [1.29, 1.82) is 0 Å². The molecule has 0 atom stereocenters. The van der Waals surface area contributed by atoms with Crippen LogP contribution in [0.1, 0.15) is 15.9 Å². The van der Waals surface area contributed by atoms with E-state index in [4.69, 9.17) is 4.74 Å². The van der Waals surface area contributed by atoms with Crippen molar-refractivity contribution < 1.29 is 19.1 Å². The van der Waals surface area contributed by atoms with E-state index in [9.17, 15) is 14.4 Å². The minimum Gasteiger partial charge on any atom is -0.497 e. The average Bonchev–Trinajstić information content (AvgIpc) is 2.74. The number of methoxy groups -OCH3 is 1. The lowest BCUT2D eigenvalue weighted by molar-refractivity contribution is -0.127. The summed E-state index contributed by atoms with van der Waals surface area (Å²) in [6.45, 7) is 0.436. The first-order chi connectivity index (χ1) is 13.9. The fraction of sp³-hybridized carbons (Fsp3) is 0.286. The molecule has 2 aromatic rings. The van der Waals surface area contributed by atoms with Crippen molar-refractivity contribution in [2.75, 3.05) is 38.0 Å². The Bertz CT molecular complexity index is 838. The van der Waals surface area contributed by atoms with Gasteiger partial charge in [-0.1, -0.05) is 12.1 Å². The summed E-state index contributed by atoms with van der Waals surface area (Å²) in [7, 11) is 4.88. The van der Waals surface area contributed by atoms with E-state index in [1.807, 2.05) is 12.1 Å². The molecule has 7 nitrogen and oxygen atoms in total. The molecule has 0 aliphatic rings. The second kappa shape index (κ2) is 11.1. The number of amides is 3. The van der Waals surface area contributed by atoms with Gasteiger partial charge in [-0.3, -0.25) is 14.4 Å². The molecule has 0 aliphatic heterocycles. The highest BCUT2D eigenvalue weighted by molar-refractivity contribution is 8.00. The van der Waals surface area contributed by atoms with Gasteiger partial charge in [0.15, 0.2) is 0 Å². The molecule has 0 unspecified atom stereocenters. The monoisotopic (exact) mass is 415 g/mol. The molecule has 2 N–H and O–H groups in total. The van der Waals surface area contributed by atoms with Crippen LogP contribution in [0.25, 0.3) is 0 Å². The van der Waals surface area contributed by atoms with E-state index in [-0.39, 0.29) is 29.2 Å². The van der Waals surface area contributed by atoms with Crippen LogP contribution in [0.15, 0.2) is 48.5 Å². The molecule has 3 amide bonds. The summed E-state index contributed by atoms with van der Waals surface area (Å²) in [5, 5.41) is 5.35. The molecule has 0 bridgehead atoms. The highest BCUT2D eigenvalue weighted by atomic mass is 32.2. The summed E-state index contributed by atoms with van der Waals surface area (Å²) < 4.78 is 5.08. The van der Waals surface area contributed by atoms with Crippen molar-refractivity contribution in [2.24, 2.45) is 0 Å². The largest absolute Gasteiger partial charge is 0.497 e. The Balaban J connectivity index is 1.73. The van der Waals surface area contributed by atoms with Crippen molar-refractivity contribution >= 4 is 35.2 Å². The van der Waals surface area contributed by atoms with E-state index in [2.05, 4.69) is 10.6 Å². The first kappa shape index (κ1) is 22.3. The van der Waals surface area contributed by atoms with E-state index in [0.717, 1.165) is 5.56 Å². The molecule has 8 heteroatoms. The van der Waals surface area contributed by atoms with Gasteiger partial charge in [-0.25, -0.2) is 0 Å². The summed E-state index contributed by atoms with van der Waals surface area (Å²) in [5.74, 6) is 0.734. The Morgan fingerprint density at radius 1 is 1.00 bits per heavy atom. The number of ether oxygens (including phenoxy) is 1. The SMILES string of the molecule is CNC(=O)c1ccc(CN(C)C(=O)CSCC(=O)Nc2ccc(OC)cc2)cc1. The van der Waals surface area contributed by atoms with E-state index >= 15 is 0 Å². The third kappa shape index (κ3) is 7.15. The van der Waals surface area contributed by atoms with Gasteiger partial charge in [0.1, 0.15) is 5.75 Å². The average molecular weight is 416 g/mol. The summed E-state index contributed by atoms with van der Waals surface area (Å²) in [6.07, 6.45) is 0. The molecule has 29 heavy (non-hydrogen) atoms. The third-order valence-electron chi connectivity index (χ3n) is 4.12. The number of rotatable bonds is 9. The van der Waals surface area contributed by atoms with Crippen LogP contribution < -0.4 is 15.4 Å². The summed E-state index contributed by atoms with van der Waals surface area (Å²) in [4.78, 5) is 37.4. The number of anilines is 1. The normalized spacial score (nSPS) is 10.2. The van der Waals surface area contributed by atoms with Crippen LogP contribution in [-0.4, -0.2) is 55.3 Å². The van der Waals surface area contributed by atoms with Crippen LogP contribution in [0, 0.1) is 0 Å². The molecule has 0 heterocycles. The van der Waals surface area contributed by atoms with Crippen molar-refractivity contribution in [2.45, 2.75) is 6.54 Å². The number of carbonyl (C=O) groups is 3. The maximum absolute atomic E-state index is 12.3. The topological polar surface area (TPSA) is 87.7 Å². The third-order valence-corrected chi connectivity index (χ3v) is 5.04. The van der Waals surface area contributed by atoms with Crippen molar-refractivity contribution in [3.63, 3.8) is 0 Å². The van der Waals surface area contributed by atoms with E-state index < -0.39 is 0 Å². The van der Waals surface area contributed by atoms with Gasteiger partial charge in [-0.15, -0.1) is 11.8 Å². The van der Waals surface area contributed by atoms with Crippen LogP contribution in [0.2, 0.25) is 0 Å². The Labute approximate surface area is 174 Å². The van der Waals surface area contributed by atoms with Crippen LogP contribution in [0.3, 0.4) is 0 Å². The van der Waals surface area contributed by atoms with Gasteiger partial charge >= 0.3 is 0 Å². The van der Waals surface area contributed by atoms with E-state index in [1.54, 1.807) is 62.5 Å². The van der Waals surface area contributed by atoms with Crippen LogP contribution in [0.4, 0.5) is 5.69 Å². The summed E-state index contributed by atoms with van der Waals surface area (Å²) in [5.41, 5.74) is 2.18. The number of thioether (sulfide) groups is 1. The first-order valence-electron chi connectivity index (χ1n) is 8.99. The maximum atomic E-state index is 12.3. The van der Waals surface area contributed by atoms with Crippen molar-refractivity contribution in [1.82, 2.24) is 10.2 Å². The number of benzene rings is 2. The Hall–Kier alpha value is -3.00. The first-order valence-corrected chi connectivity index (χ1v) is 10.1. The highest BCUT2D eigenvalue weighted by Crippen LogP contribution is 2.15. The van der Waals surface area contributed by atoms with E-state index in [1.165, 1.54) is 11.8 Å². The number of hydrogen-bond acceptors (Lipinski definition) is 5. The molecule has 154 valence electrons. The van der Waals surface area contributed by atoms with Crippen LogP contribution in [0.5, 0.6) is 5.75 Å². The van der Waals surface area contributed by atoms with Crippen molar-refractivity contribution in [3.05, 3.63) is 59.7 Å². The van der Waals surface area contributed by atoms with Gasteiger partial charge in [0, 0.05) is 31.9 Å². The summed E-state index contributed by atoms with van der Waals surface area (Å²) in [6, 6.07) is 14.2. The lowest BCUT2D eigenvalue weighted by atomic mass is 10.1. The molecule has 0 aromatic heterocycles. The quantitative estimate of drug-likeness (QED) is 0.657. The van der Waals surface area contributed by atoms with Crippen LogP contribution in [-0.2, 0) is 16.1 Å². The lowest BCUT2D eigenvalue weighted by Gasteiger charge is -2.17. The molecule has 0 saturated heterocycles. The fourth-order valence-electron chi connectivity index (χ4n) is 2.48. The predicted octanol–water partition coefficient (Wildman–Crippen LogP) is 2.39. The number of nitrogens with one attached hydrogen (secondary N) is 2. The number of nitrogens with zero attached hydrogens (tertiary/aromatic N) is 1.